The number of esters is 1. The van der Waals surface area contributed by atoms with E-state index in [0.717, 1.165) is 36.6 Å². The molecule has 0 aliphatic heterocycles. The Morgan fingerprint density at radius 2 is 1.92 bits per heavy atom. The highest BCUT2D eigenvalue weighted by molar-refractivity contribution is 8.00. The first-order valence-corrected chi connectivity index (χ1v) is 9.52. The van der Waals surface area contributed by atoms with E-state index in [1.807, 2.05) is 18.2 Å². The Balaban J connectivity index is 1.44. The average Bonchev–Trinajstić information content (AvgIpc) is 2.66. The minimum absolute atomic E-state index is 0.0412. The lowest BCUT2D eigenvalue weighted by Crippen LogP contribution is -2.34. The maximum absolute atomic E-state index is 13.5. The first kappa shape index (κ1) is 18.5. The van der Waals surface area contributed by atoms with Crippen LogP contribution >= 0.6 is 11.8 Å². The fraction of sp³-hybridized carbons (Fsp3) is 0.300. The number of fused-ring (bicyclic) bond motifs is 1. The summed E-state index contributed by atoms with van der Waals surface area (Å²) in [5, 5.41) is 2.93. The van der Waals surface area contributed by atoms with Crippen LogP contribution < -0.4 is 5.32 Å². The molecule has 0 saturated carbocycles. The molecule has 0 heterocycles. The number of halogens is 1. The van der Waals surface area contributed by atoms with E-state index in [1.165, 1.54) is 11.6 Å². The first-order chi connectivity index (χ1) is 12.6. The van der Waals surface area contributed by atoms with Crippen LogP contribution in [0, 0.1) is 5.82 Å². The quantitative estimate of drug-likeness (QED) is 0.620. The van der Waals surface area contributed by atoms with Crippen molar-refractivity contribution in [3.8, 4) is 0 Å². The molecule has 0 unspecified atom stereocenters. The highest BCUT2D eigenvalue weighted by Crippen LogP contribution is 2.29. The Bertz CT molecular complexity index is 796. The second-order valence-electron chi connectivity index (χ2n) is 6.09. The summed E-state index contributed by atoms with van der Waals surface area (Å²) in [7, 11) is 0. The minimum Gasteiger partial charge on any atom is -0.455 e. The molecule has 0 radical (unpaired) electrons. The van der Waals surface area contributed by atoms with Crippen LogP contribution in [0.4, 0.5) is 4.39 Å². The van der Waals surface area contributed by atoms with E-state index in [4.69, 9.17) is 4.74 Å². The number of benzene rings is 2. The maximum Gasteiger partial charge on any atom is 0.316 e. The molecule has 0 bridgehead atoms. The average molecular weight is 373 g/mol. The maximum atomic E-state index is 13.5. The summed E-state index contributed by atoms with van der Waals surface area (Å²) in [6.07, 6.45) is 2.91. The Labute approximate surface area is 156 Å². The lowest BCUT2D eigenvalue weighted by atomic mass is 9.88. The summed E-state index contributed by atoms with van der Waals surface area (Å²) in [6.45, 7) is -0.324. The predicted molar refractivity (Wildman–Crippen MR) is 98.3 cm³/mol. The van der Waals surface area contributed by atoms with Gasteiger partial charge < -0.3 is 10.1 Å². The summed E-state index contributed by atoms with van der Waals surface area (Å²) in [4.78, 5) is 24.3. The van der Waals surface area contributed by atoms with Gasteiger partial charge in [-0.2, -0.15) is 0 Å². The number of aryl methyl sites for hydroxylation is 1. The van der Waals surface area contributed by atoms with Crippen LogP contribution in [0.25, 0.3) is 0 Å². The number of amides is 1. The highest BCUT2D eigenvalue weighted by Gasteiger charge is 2.21. The van der Waals surface area contributed by atoms with Crippen molar-refractivity contribution in [2.24, 2.45) is 0 Å². The van der Waals surface area contributed by atoms with Crippen molar-refractivity contribution in [1.29, 1.82) is 0 Å². The number of nitrogens with one attached hydrogen (secondary N) is 1. The molecule has 2 aromatic rings. The molecular weight excluding hydrogens is 353 g/mol. The Morgan fingerprint density at radius 3 is 2.77 bits per heavy atom. The van der Waals surface area contributed by atoms with Gasteiger partial charge in [-0.3, -0.25) is 9.59 Å². The third kappa shape index (κ3) is 4.85. The zero-order valence-corrected chi connectivity index (χ0v) is 15.1. The summed E-state index contributed by atoms with van der Waals surface area (Å²) >= 11 is 1.05. The predicted octanol–water partition coefficient (Wildman–Crippen LogP) is 3.65. The Kier molecular flexibility index (Phi) is 6.28. The number of thioether (sulfide) groups is 1. The topological polar surface area (TPSA) is 55.4 Å². The molecule has 26 heavy (non-hydrogen) atoms. The van der Waals surface area contributed by atoms with Gasteiger partial charge in [0.2, 0.25) is 0 Å². The van der Waals surface area contributed by atoms with Gasteiger partial charge in [0, 0.05) is 4.90 Å². The lowest BCUT2D eigenvalue weighted by molar-refractivity contribution is -0.146. The highest BCUT2D eigenvalue weighted by atomic mass is 32.2. The van der Waals surface area contributed by atoms with Crippen LogP contribution in [-0.2, 0) is 20.7 Å². The van der Waals surface area contributed by atoms with Gasteiger partial charge in [0.1, 0.15) is 5.82 Å². The monoisotopic (exact) mass is 373 g/mol. The van der Waals surface area contributed by atoms with Crippen LogP contribution in [0.5, 0.6) is 0 Å². The minimum atomic E-state index is -0.544. The lowest BCUT2D eigenvalue weighted by Gasteiger charge is -2.26. The number of hydrogen-bond donors (Lipinski definition) is 1. The molecule has 2 aromatic carbocycles. The number of carbonyl (C=O) groups is 2. The van der Waals surface area contributed by atoms with Gasteiger partial charge in [-0.15, -0.1) is 11.8 Å². The second-order valence-corrected chi connectivity index (χ2v) is 7.11. The van der Waals surface area contributed by atoms with Gasteiger partial charge in [0.15, 0.2) is 6.61 Å². The van der Waals surface area contributed by atoms with Crippen molar-refractivity contribution >= 4 is 23.6 Å². The third-order valence-corrected chi connectivity index (χ3v) is 5.27. The van der Waals surface area contributed by atoms with Crippen molar-refractivity contribution in [3.05, 3.63) is 65.5 Å². The molecule has 0 spiro atoms. The molecule has 4 nitrogen and oxygen atoms in total. The molecule has 136 valence electrons. The van der Waals surface area contributed by atoms with E-state index in [-0.39, 0.29) is 30.1 Å². The number of rotatable bonds is 6. The molecule has 0 fully saturated rings. The van der Waals surface area contributed by atoms with Crippen molar-refractivity contribution in [2.45, 2.75) is 30.2 Å². The largest absolute Gasteiger partial charge is 0.455 e. The van der Waals surface area contributed by atoms with Crippen LogP contribution in [0.15, 0.2) is 53.4 Å². The van der Waals surface area contributed by atoms with Crippen molar-refractivity contribution < 1.29 is 18.7 Å². The van der Waals surface area contributed by atoms with E-state index >= 15 is 0 Å². The van der Waals surface area contributed by atoms with E-state index < -0.39 is 5.97 Å². The molecule has 1 aliphatic rings. The molecule has 3 rings (SSSR count). The fourth-order valence-electron chi connectivity index (χ4n) is 3.03. The molecular formula is C20H20FNO3S. The van der Waals surface area contributed by atoms with Gasteiger partial charge in [-0.1, -0.05) is 36.4 Å². The number of hydrogen-bond acceptors (Lipinski definition) is 4. The van der Waals surface area contributed by atoms with Crippen LogP contribution in [0.3, 0.4) is 0 Å². The van der Waals surface area contributed by atoms with E-state index in [2.05, 4.69) is 11.4 Å². The normalized spacial score (nSPS) is 15.8. The van der Waals surface area contributed by atoms with Crippen LogP contribution in [0.2, 0.25) is 0 Å². The third-order valence-electron chi connectivity index (χ3n) is 4.25. The fourth-order valence-corrected chi connectivity index (χ4v) is 3.76. The molecule has 6 heteroatoms. The molecule has 0 saturated heterocycles. The first-order valence-electron chi connectivity index (χ1n) is 8.53. The second kappa shape index (κ2) is 8.85. The summed E-state index contributed by atoms with van der Waals surface area (Å²) in [5.41, 5.74) is 2.39. The van der Waals surface area contributed by atoms with Gasteiger partial charge in [0.05, 0.1) is 11.8 Å². The van der Waals surface area contributed by atoms with Gasteiger partial charge >= 0.3 is 5.97 Å². The molecule has 1 amide bonds. The van der Waals surface area contributed by atoms with Crippen molar-refractivity contribution in [3.63, 3.8) is 0 Å². The van der Waals surface area contributed by atoms with Crippen LogP contribution in [-0.4, -0.2) is 24.2 Å². The SMILES string of the molecule is O=C(COC(=O)CSc1ccccc1F)N[C@@H]1CCCc2ccccc21. The van der Waals surface area contributed by atoms with Crippen molar-refractivity contribution in [2.75, 3.05) is 12.4 Å². The van der Waals surface area contributed by atoms with E-state index in [1.54, 1.807) is 18.2 Å². The van der Waals surface area contributed by atoms with Gasteiger partial charge in [-0.05, 0) is 42.5 Å². The molecule has 1 N–H and O–H groups in total. The van der Waals surface area contributed by atoms with E-state index in [0.29, 0.717) is 4.90 Å². The molecule has 0 aromatic heterocycles. The smallest absolute Gasteiger partial charge is 0.316 e. The van der Waals surface area contributed by atoms with E-state index in [9.17, 15) is 14.0 Å². The van der Waals surface area contributed by atoms with Gasteiger partial charge in [-0.25, -0.2) is 4.39 Å². The summed E-state index contributed by atoms with van der Waals surface area (Å²) in [5.74, 6) is -1.28. The Morgan fingerprint density at radius 1 is 1.15 bits per heavy atom. The van der Waals surface area contributed by atoms with Crippen LogP contribution in [0.1, 0.15) is 30.0 Å². The van der Waals surface area contributed by atoms with Gasteiger partial charge in [0.25, 0.3) is 5.91 Å². The number of carbonyl (C=O) groups excluding carboxylic acids is 2. The summed E-state index contributed by atoms with van der Waals surface area (Å²) in [6, 6.07) is 14.2. The molecule has 1 atom stereocenters. The zero-order valence-electron chi connectivity index (χ0n) is 14.2. The standard InChI is InChI=1S/C20H20FNO3S/c21-16-9-3-4-11-18(16)26-13-20(24)25-12-19(23)22-17-10-5-7-14-6-1-2-8-15(14)17/h1-4,6,8-9,11,17H,5,7,10,12-13H2,(H,22,23)/t17-/m1/s1. The van der Waals surface area contributed by atoms with Crippen molar-refractivity contribution in [1.82, 2.24) is 5.32 Å². The zero-order chi connectivity index (χ0) is 18.4. The number of ether oxygens (including phenoxy) is 1. The molecule has 1 aliphatic carbocycles. The summed E-state index contributed by atoms with van der Waals surface area (Å²) < 4.78 is 18.5. The Hall–Kier alpha value is -2.34.